The molecule has 8 nitrogen and oxygen atoms in total. The summed E-state index contributed by atoms with van der Waals surface area (Å²) in [4.78, 5) is 25.4. The Kier molecular flexibility index (Phi) is 4.62. The lowest BCUT2D eigenvalue weighted by molar-refractivity contribution is 0.185. The van der Waals surface area contributed by atoms with Crippen LogP contribution in [0.15, 0.2) is 47.4 Å². The Labute approximate surface area is 161 Å². The monoisotopic (exact) mass is 376 g/mol. The first-order chi connectivity index (χ1) is 13.5. The van der Waals surface area contributed by atoms with Gasteiger partial charge in [0.15, 0.2) is 0 Å². The van der Waals surface area contributed by atoms with Gasteiger partial charge in [-0.15, -0.1) is 0 Å². The molecule has 0 unspecified atom stereocenters. The summed E-state index contributed by atoms with van der Waals surface area (Å²) < 4.78 is 6.95. The zero-order valence-corrected chi connectivity index (χ0v) is 15.9. The summed E-state index contributed by atoms with van der Waals surface area (Å²) in [6, 6.07) is 11.5. The van der Waals surface area contributed by atoms with E-state index >= 15 is 0 Å². The highest BCUT2D eigenvalue weighted by atomic mass is 16.5. The molecule has 0 fully saturated rings. The molecule has 0 saturated carbocycles. The number of ether oxygens (including phenoxy) is 1. The van der Waals surface area contributed by atoms with E-state index in [2.05, 4.69) is 25.4 Å². The van der Waals surface area contributed by atoms with Crippen molar-refractivity contribution in [3.05, 3.63) is 70.0 Å². The Morgan fingerprint density at radius 2 is 2.00 bits per heavy atom. The standard InChI is InChI=1S/C20H20N6O2/c1-12-7-19(23-13(2)22-12)24-18-9-17-16(10-21-18)20(27)25-26(17)15-6-4-5-14(8-15)11-28-3/h4-10H,11H2,1-3H3,(H,25,27)(H,21,22,23,24). The largest absolute Gasteiger partial charge is 0.380 e. The first kappa shape index (κ1) is 17.9. The molecule has 0 bridgehead atoms. The third-order valence-electron chi connectivity index (χ3n) is 4.28. The van der Waals surface area contributed by atoms with Crippen LogP contribution < -0.4 is 10.9 Å². The van der Waals surface area contributed by atoms with Crippen LogP contribution in [0.3, 0.4) is 0 Å². The molecule has 0 radical (unpaired) electrons. The number of aromatic amines is 1. The Hall–Kier alpha value is -3.52. The molecule has 0 aliphatic rings. The highest BCUT2D eigenvalue weighted by Crippen LogP contribution is 2.21. The molecule has 3 aromatic heterocycles. The van der Waals surface area contributed by atoms with Gasteiger partial charge in [0.1, 0.15) is 17.5 Å². The predicted molar refractivity (Wildman–Crippen MR) is 107 cm³/mol. The van der Waals surface area contributed by atoms with Gasteiger partial charge in [-0.1, -0.05) is 12.1 Å². The minimum Gasteiger partial charge on any atom is -0.380 e. The van der Waals surface area contributed by atoms with Gasteiger partial charge in [0.05, 0.1) is 23.2 Å². The maximum Gasteiger partial charge on any atom is 0.273 e. The Morgan fingerprint density at radius 1 is 1.14 bits per heavy atom. The van der Waals surface area contributed by atoms with Crippen LogP contribution in [0.4, 0.5) is 11.6 Å². The molecule has 0 amide bonds. The molecule has 0 atom stereocenters. The smallest absolute Gasteiger partial charge is 0.273 e. The van der Waals surface area contributed by atoms with Crippen molar-refractivity contribution in [3.63, 3.8) is 0 Å². The number of pyridine rings is 1. The van der Waals surface area contributed by atoms with Crippen LogP contribution in [-0.2, 0) is 11.3 Å². The van der Waals surface area contributed by atoms with Gasteiger partial charge in [-0.25, -0.2) is 15.0 Å². The molecular weight excluding hydrogens is 356 g/mol. The summed E-state index contributed by atoms with van der Waals surface area (Å²) in [6.45, 7) is 4.25. The fourth-order valence-electron chi connectivity index (χ4n) is 3.16. The second kappa shape index (κ2) is 7.24. The lowest BCUT2D eigenvalue weighted by Crippen LogP contribution is -2.04. The van der Waals surface area contributed by atoms with Crippen molar-refractivity contribution in [2.75, 3.05) is 12.4 Å². The number of fused-ring (bicyclic) bond motifs is 1. The number of anilines is 2. The second-order valence-electron chi connectivity index (χ2n) is 6.53. The lowest BCUT2D eigenvalue weighted by atomic mass is 10.2. The summed E-state index contributed by atoms with van der Waals surface area (Å²) in [5, 5.41) is 6.57. The topological polar surface area (TPSA) is 97.7 Å². The van der Waals surface area contributed by atoms with Crippen LogP contribution in [0, 0.1) is 13.8 Å². The van der Waals surface area contributed by atoms with Crippen LogP contribution in [-0.4, -0.2) is 31.8 Å². The number of hydrogen-bond donors (Lipinski definition) is 2. The molecular formula is C20H20N6O2. The van der Waals surface area contributed by atoms with E-state index in [-0.39, 0.29) is 5.56 Å². The number of aryl methyl sites for hydroxylation is 2. The maximum absolute atomic E-state index is 12.4. The third-order valence-corrected chi connectivity index (χ3v) is 4.28. The average molecular weight is 376 g/mol. The van der Waals surface area contributed by atoms with E-state index in [9.17, 15) is 4.79 Å². The van der Waals surface area contributed by atoms with Gasteiger partial charge in [0.2, 0.25) is 0 Å². The van der Waals surface area contributed by atoms with Gasteiger partial charge in [0.25, 0.3) is 5.56 Å². The lowest BCUT2D eigenvalue weighted by Gasteiger charge is -2.09. The molecule has 4 rings (SSSR count). The Bertz CT molecular complexity index is 1190. The molecule has 2 N–H and O–H groups in total. The molecule has 28 heavy (non-hydrogen) atoms. The number of benzene rings is 1. The van der Waals surface area contributed by atoms with E-state index in [0.29, 0.717) is 29.5 Å². The van der Waals surface area contributed by atoms with Crippen LogP contribution in [0.2, 0.25) is 0 Å². The van der Waals surface area contributed by atoms with Crippen LogP contribution in [0.5, 0.6) is 0 Å². The molecule has 0 saturated heterocycles. The van der Waals surface area contributed by atoms with Crippen molar-refractivity contribution in [3.8, 4) is 5.69 Å². The zero-order chi connectivity index (χ0) is 19.7. The molecule has 0 aliphatic carbocycles. The van der Waals surface area contributed by atoms with E-state index in [4.69, 9.17) is 4.74 Å². The Morgan fingerprint density at radius 3 is 2.79 bits per heavy atom. The minimum absolute atomic E-state index is 0.195. The first-order valence-electron chi connectivity index (χ1n) is 8.82. The molecule has 4 aromatic rings. The fourth-order valence-corrected chi connectivity index (χ4v) is 3.16. The third kappa shape index (κ3) is 3.49. The van der Waals surface area contributed by atoms with E-state index < -0.39 is 0 Å². The van der Waals surface area contributed by atoms with Crippen molar-refractivity contribution < 1.29 is 4.74 Å². The van der Waals surface area contributed by atoms with Gasteiger partial charge in [0, 0.05) is 31.1 Å². The summed E-state index contributed by atoms with van der Waals surface area (Å²) in [5.74, 6) is 1.92. The van der Waals surface area contributed by atoms with E-state index in [1.807, 2.05) is 50.2 Å². The maximum atomic E-state index is 12.4. The fraction of sp³-hybridized carbons (Fsp3) is 0.200. The van der Waals surface area contributed by atoms with Gasteiger partial charge in [-0.3, -0.25) is 14.6 Å². The van der Waals surface area contributed by atoms with Crippen molar-refractivity contribution in [2.24, 2.45) is 0 Å². The quantitative estimate of drug-likeness (QED) is 0.556. The minimum atomic E-state index is -0.195. The van der Waals surface area contributed by atoms with Gasteiger partial charge in [-0.2, -0.15) is 0 Å². The highest BCUT2D eigenvalue weighted by Gasteiger charge is 2.11. The number of nitrogens with one attached hydrogen (secondary N) is 2. The van der Waals surface area contributed by atoms with E-state index in [1.54, 1.807) is 18.0 Å². The summed E-state index contributed by atoms with van der Waals surface area (Å²) in [6.07, 6.45) is 1.56. The predicted octanol–water partition coefficient (Wildman–Crippen LogP) is 3.01. The average Bonchev–Trinajstić information content (AvgIpc) is 2.98. The van der Waals surface area contributed by atoms with Gasteiger partial charge < -0.3 is 10.1 Å². The van der Waals surface area contributed by atoms with Crippen LogP contribution >= 0.6 is 0 Å². The van der Waals surface area contributed by atoms with Crippen molar-refractivity contribution in [1.82, 2.24) is 24.7 Å². The van der Waals surface area contributed by atoms with E-state index in [1.165, 1.54) is 0 Å². The second-order valence-corrected chi connectivity index (χ2v) is 6.53. The van der Waals surface area contributed by atoms with Crippen molar-refractivity contribution in [1.29, 1.82) is 0 Å². The first-order valence-corrected chi connectivity index (χ1v) is 8.82. The number of hydrogen-bond acceptors (Lipinski definition) is 6. The van der Waals surface area contributed by atoms with Crippen LogP contribution in [0.25, 0.3) is 16.6 Å². The SMILES string of the molecule is COCc1cccc(-n2[nH]c(=O)c3cnc(Nc4cc(C)nc(C)n4)cc32)c1. The number of aromatic nitrogens is 5. The number of methoxy groups -OCH3 is 1. The zero-order valence-electron chi connectivity index (χ0n) is 15.9. The summed E-state index contributed by atoms with van der Waals surface area (Å²) >= 11 is 0. The normalized spacial score (nSPS) is 11.1. The van der Waals surface area contributed by atoms with Gasteiger partial charge >= 0.3 is 0 Å². The van der Waals surface area contributed by atoms with Crippen molar-refractivity contribution >= 4 is 22.5 Å². The highest BCUT2D eigenvalue weighted by molar-refractivity contribution is 5.82. The molecule has 1 aromatic carbocycles. The summed E-state index contributed by atoms with van der Waals surface area (Å²) in [5.41, 5.74) is 3.25. The Balaban J connectivity index is 1.77. The van der Waals surface area contributed by atoms with Crippen molar-refractivity contribution in [2.45, 2.75) is 20.5 Å². The number of H-pyrrole nitrogens is 1. The van der Waals surface area contributed by atoms with Gasteiger partial charge in [-0.05, 0) is 31.5 Å². The number of nitrogens with zero attached hydrogens (tertiary/aromatic N) is 4. The number of rotatable bonds is 5. The molecule has 8 heteroatoms. The summed E-state index contributed by atoms with van der Waals surface area (Å²) in [7, 11) is 1.65. The molecule has 3 heterocycles. The molecule has 0 aliphatic heterocycles. The van der Waals surface area contributed by atoms with Crippen LogP contribution in [0.1, 0.15) is 17.1 Å². The molecule has 142 valence electrons. The van der Waals surface area contributed by atoms with E-state index in [0.717, 1.165) is 22.5 Å². The molecule has 0 spiro atoms.